The molecule has 0 aliphatic carbocycles. The number of nitrogens with zero attached hydrogens (tertiary/aromatic N) is 2. The Hall–Kier alpha value is -2.92. The van der Waals surface area contributed by atoms with Crippen LogP contribution in [0.3, 0.4) is 0 Å². The third-order valence-electron chi connectivity index (χ3n) is 7.29. The zero-order valence-electron chi connectivity index (χ0n) is 20.7. The van der Waals surface area contributed by atoms with Crippen molar-refractivity contribution in [3.05, 3.63) is 64.6 Å². The molecule has 198 valence electrons. The number of hydrogen-bond acceptors (Lipinski definition) is 8. The van der Waals surface area contributed by atoms with Gasteiger partial charge in [-0.15, -0.1) is 0 Å². The number of carbonyl (C=O) groups is 2. The van der Waals surface area contributed by atoms with E-state index >= 15 is 0 Å². The number of amides is 2. The van der Waals surface area contributed by atoms with Crippen molar-refractivity contribution in [2.75, 3.05) is 51.1 Å². The van der Waals surface area contributed by atoms with Crippen molar-refractivity contribution in [2.24, 2.45) is 0 Å². The maximum atomic E-state index is 13.6. The van der Waals surface area contributed by atoms with Gasteiger partial charge in [0.05, 0.1) is 33.1 Å². The van der Waals surface area contributed by atoms with Gasteiger partial charge in [0.2, 0.25) is 12.2 Å². The monoisotopic (exact) mass is 527 g/mol. The first-order chi connectivity index (χ1) is 18.1. The molecule has 0 unspecified atom stereocenters. The quantitative estimate of drug-likeness (QED) is 0.483. The third kappa shape index (κ3) is 5.52. The van der Waals surface area contributed by atoms with E-state index in [1.807, 2.05) is 41.8 Å². The van der Waals surface area contributed by atoms with E-state index in [1.54, 1.807) is 16.2 Å². The molecule has 1 aromatic carbocycles. The predicted molar refractivity (Wildman–Crippen MR) is 139 cm³/mol. The number of rotatable bonds is 9. The number of nitrogens with one attached hydrogen (secondary N) is 1. The Morgan fingerprint density at radius 2 is 1.97 bits per heavy atom. The summed E-state index contributed by atoms with van der Waals surface area (Å²) in [5.41, 5.74) is 1.47. The molecule has 2 N–H and O–H groups in total. The number of benzene rings is 1. The Bertz CT molecular complexity index is 1080. The summed E-state index contributed by atoms with van der Waals surface area (Å²) >= 11 is 1.62. The minimum atomic E-state index is -0.653. The van der Waals surface area contributed by atoms with E-state index in [0.717, 1.165) is 11.3 Å². The second kappa shape index (κ2) is 11.6. The number of para-hydroxylation sites is 1. The lowest BCUT2D eigenvalue weighted by Crippen LogP contribution is -2.57. The van der Waals surface area contributed by atoms with Crippen LogP contribution in [0.4, 0.5) is 5.69 Å². The van der Waals surface area contributed by atoms with Gasteiger partial charge in [-0.2, -0.15) is 11.3 Å². The largest absolute Gasteiger partial charge is 0.459 e. The topological polar surface area (TPSA) is 101 Å². The Labute approximate surface area is 220 Å². The predicted octanol–water partition coefficient (Wildman–Crippen LogP) is 2.44. The standard InChI is InChI=1S/C27H33N3O6S/c31-11-12-34-13-14-35-24-17-21(20-6-15-37-18-20)16-23(36-24)25(32)29-9-7-27(8-10-29)26(33)28-19-30(27)22-4-2-1-3-5-22/h1-6,15-16,18,21,24,31H,7-14,17,19H2,(H,28,33)/t21-,24+/m1/s1. The number of anilines is 1. The van der Waals surface area contributed by atoms with E-state index in [0.29, 0.717) is 52.2 Å². The number of piperidine rings is 1. The van der Waals surface area contributed by atoms with Crippen LogP contribution in [-0.4, -0.2) is 79.8 Å². The summed E-state index contributed by atoms with van der Waals surface area (Å²) in [5.74, 6) is 0.138. The molecule has 5 rings (SSSR count). The zero-order chi connectivity index (χ0) is 25.7. The fourth-order valence-electron chi connectivity index (χ4n) is 5.30. The maximum absolute atomic E-state index is 13.6. The molecule has 2 saturated heterocycles. The highest BCUT2D eigenvalue weighted by molar-refractivity contribution is 7.08. The molecule has 0 radical (unpaired) electrons. The summed E-state index contributed by atoms with van der Waals surface area (Å²) in [6, 6.07) is 12.0. The van der Waals surface area contributed by atoms with Crippen LogP contribution in [0.1, 0.15) is 30.7 Å². The van der Waals surface area contributed by atoms with E-state index in [1.165, 1.54) is 0 Å². The van der Waals surface area contributed by atoms with Crippen LogP contribution < -0.4 is 10.2 Å². The molecular formula is C27H33N3O6S. The van der Waals surface area contributed by atoms with Gasteiger partial charge in [0.15, 0.2) is 5.76 Å². The van der Waals surface area contributed by atoms with Gasteiger partial charge in [-0.25, -0.2) is 0 Å². The molecule has 2 fully saturated rings. The molecule has 9 nitrogen and oxygen atoms in total. The molecule has 2 amide bonds. The number of allylic oxidation sites excluding steroid dienone is 1. The number of thiophene rings is 1. The molecule has 3 aliphatic rings. The average molecular weight is 528 g/mol. The summed E-state index contributed by atoms with van der Waals surface area (Å²) in [5, 5.41) is 16.0. The van der Waals surface area contributed by atoms with Crippen LogP contribution >= 0.6 is 11.3 Å². The fourth-order valence-corrected chi connectivity index (χ4v) is 6.03. The first-order valence-electron chi connectivity index (χ1n) is 12.7. The molecule has 37 heavy (non-hydrogen) atoms. The van der Waals surface area contributed by atoms with Crippen LogP contribution in [0.2, 0.25) is 0 Å². The normalized spacial score (nSPS) is 23.1. The molecule has 3 aliphatic heterocycles. The molecular weight excluding hydrogens is 494 g/mol. The van der Waals surface area contributed by atoms with Crippen LogP contribution in [0.15, 0.2) is 59.0 Å². The van der Waals surface area contributed by atoms with E-state index in [9.17, 15) is 9.59 Å². The average Bonchev–Trinajstić information content (AvgIpc) is 3.58. The van der Waals surface area contributed by atoms with Gasteiger partial charge < -0.3 is 34.4 Å². The Balaban J connectivity index is 1.26. The van der Waals surface area contributed by atoms with E-state index in [2.05, 4.69) is 21.7 Å². The molecule has 1 aromatic heterocycles. The van der Waals surface area contributed by atoms with Gasteiger partial charge in [-0.1, -0.05) is 18.2 Å². The van der Waals surface area contributed by atoms with Crippen LogP contribution in [0, 0.1) is 0 Å². The highest BCUT2D eigenvalue weighted by Crippen LogP contribution is 2.38. The number of aliphatic hydroxyl groups is 1. The van der Waals surface area contributed by atoms with Gasteiger partial charge in [0.25, 0.3) is 5.91 Å². The number of hydrogen-bond donors (Lipinski definition) is 2. The van der Waals surface area contributed by atoms with Crippen LogP contribution in [-0.2, 0) is 23.8 Å². The van der Waals surface area contributed by atoms with Gasteiger partial charge in [-0.3, -0.25) is 9.59 Å². The second-order valence-corrected chi connectivity index (χ2v) is 10.2. The lowest BCUT2D eigenvalue weighted by atomic mass is 9.85. The Kier molecular flexibility index (Phi) is 8.09. The lowest BCUT2D eigenvalue weighted by Gasteiger charge is -2.43. The minimum Gasteiger partial charge on any atom is -0.459 e. The van der Waals surface area contributed by atoms with E-state index < -0.39 is 11.8 Å². The number of ether oxygens (including phenoxy) is 3. The number of likely N-dealkylation sites (tertiary alicyclic amines) is 1. The first-order valence-corrected chi connectivity index (χ1v) is 13.7. The molecule has 4 heterocycles. The van der Waals surface area contributed by atoms with E-state index in [4.69, 9.17) is 19.3 Å². The molecule has 0 bridgehead atoms. The smallest absolute Gasteiger partial charge is 0.288 e. The van der Waals surface area contributed by atoms with Gasteiger partial charge in [0, 0.05) is 31.1 Å². The molecule has 0 saturated carbocycles. The molecule has 1 spiro atoms. The minimum absolute atomic E-state index is 0.00706. The zero-order valence-corrected chi connectivity index (χ0v) is 21.5. The molecule has 2 aromatic rings. The highest BCUT2D eigenvalue weighted by atomic mass is 32.1. The summed E-state index contributed by atoms with van der Waals surface area (Å²) in [4.78, 5) is 30.5. The highest BCUT2D eigenvalue weighted by Gasteiger charge is 2.51. The van der Waals surface area contributed by atoms with Crippen molar-refractivity contribution >= 4 is 28.8 Å². The van der Waals surface area contributed by atoms with Crippen molar-refractivity contribution in [2.45, 2.75) is 37.0 Å². The maximum Gasteiger partial charge on any atom is 0.288 e. The van der Waals surface area contributed by atoms with Crippen molar-refractivity contribution in [1.82, 2.24) is 10.2 Å². The Morgan fingerprint density at radius 3 is 2.70 bits per heavy atom. The summed E-state index contributed by atoms with van der Waals surface area (Å²) < 4.78 is 17.2. The molecule has 10 heteroatoms. The van der Waals surface area contributed by atoms with Crippen molar-refractivity contribution in [3.63, 3.8) is 0 Å². The summed E-state index contributed by atoms with van der Waals surface area (Å²) in [7, 11) is 0. The van der Waals surface area contributed by atoms with E-state index in [-0.39, 0.29) is 36.7 Å². The van der Waals surface area contributed by atoms with Crippen LogP contribution in [0.25, 0.3) is 0 Å². The van der Waals surface area contributed by atoms with Crippen molar-refractivity contribution < 1.29 is 28.9 Å². The second-order valence-electron chi connectivity index (χ2n) is 9.44. The third-order valence-corrected chi connectivity index (χ3v) is 7.99. The summed E-state index contributed by atoms with van der Waals surface area (Å²) in [6.45, 7) is 2.24. The fraction of sp³-hybridized carbons (Fsp3) is 0.481. The first kappa shape index (κ1) is 25.7. The van der Waals surface area contributed by atoms with Crippen molar-refractivity contribution in [1.29, 1.82) is 0 Å². The lowest BCUT2D eigenvalue weighted by molar-refractivity contribution is -0.157. The van der Waals surface area contributed by atoms with Gasteiger partial charge in [0.1, 0.15) is 5.54 Å². The SMILES string of the molecule is O=C(C1=C[C@@H](c2ccsc2)C[C@@H](OCCOCCO)O1)N1CCC2(CC1)C(=O)NCN2c1ccccc1. The number of carbonyl (C=O) groups excluding carboxylic acids is 2. The van der Waals surface area contributed by atoms with Gasteiger partial charge in [-0.05, 0) is 53.4 Å². The summed E-state index contributed by atoms with van der Waals surface area (Å²) in [6.07, 6.45) is 3.01. The molecule has 2 atom stereocenters. The van der Waals surface area contributed by atoms with Crippen molar-refractivity contribution in [3.8, 4) is 0 Å². The number of aliphatic hydroxyl groups excluding tert-OH is 1. The van der Waals surface area contributed by atoms with Crippen LogP contribution in [0.5, 0.6) is 0 Å². The Morgan fingerprint density at radius 1 is 1.16 bits per heavy atom. The van der Waals surface area contributed by atoms with Gasteiger partial charge >= 0.3 is 0 Å².